The van der Waals surface area contributed by atoms with Crippen LogP contribution in [0.4, 0.5) is 5.69 Å². The molecule has 8 heteroatoms. The molecule has 0 radical (unpaired) electrons. The first-order valence-electron chi connectivity index (χ1n) is 9.93. The molecule has 1 saturated heterocycles. The van der Waals surface area contributed by atoms with Gasteiger partial charge in [0.05, 0.1) is 12.8 Å². The fourth-order valence-electron chi connectivity index (χ4n) is 3.56. The van der Waals surface area contributed by atoms with Crippen LogP contribution in [0.1, 0.15) is 16.7 Å². The van der Waals surface area contributed by atoms with E-state index < -0.39 is 10.0 Å². The summed E-state index contributed by atoms with van der Waals surface area (Å²) in [5.41, 5.74) is 4.18. The number of carbonyl (C=O) groups is 1. The molecular formula is C22H28ClN3O3S. The van der Waals surface area contributed by atoms with Crippen molar-refractivity contribution in [3.63, 3.8) is 0 Å². The summed E-state index contributed by atoms with van der Waals surface area (Å²) in [6.07, 6.45) is 1.15. The molecule has 30 heavy (non-hydrogen) atoms. The normalized spacial score (nSPS) is 15.0. The Bertz CT molecular complexity index is 1000. The number of carbonyl (C=O) groups excluding carboxylic acids is 1. The van der Waals surface area contributed by atoms with Crippen LogP contribution in [-0.2, 0) is 21.4 Å². The van der Waals surface area contributed by atoms with E-state index in [9.17, 15) is 13.2 Å². The minimum Gasteiger partial charge on any atom is -0.368 e. The SMILES string of the molecule is Cc1ccc(CN(CC(=O)N2CCN(c3cc(Cl)ccc3C)CC2)S(C)(=O)=O)cc1. The third-order valence-corrected chi connectivity index (χ3v) is 6.84. The predicted molar refractivity (Wildman–Crippen MR) is 121 cm³/mol. The van der Waals surface area contributed by atoms with Crippen LogP contribution in [0, 0.1) is 13.8 Å². The summed E-state index contributed by atoms with van der Waals surface area (Å²) in [5.74, 6) is -0.171. The van der Waals surface area contributed by atoms with E-state index in [2.05, 4.69) is 4.90 Å². The Balaban J connectivity index is 1.63. The van der Waals surface area contributed by atoms with E-state index in [1.807, 2.05) is 56.3 Å². The summed E-state index contributed by atoms with van der Waals surface area (Å²) in [5, 5.41) is 0.689. The lowest BCUT2D eigenvalue weighted by molar-refractivity contribution is -0.131. The molecule has 0 spiro atoms. The van der Waals surface area contributed by atoms with E-state index >= 15 is 0 Å². The summed E-state index contributed by atoms with van der Waals surface area (Å²) in [7, 11) is -3.51. The predicted octanol–water partition coefficient (Wildman–Crippen LogP) is 3.07. The Kier molecular flexibility index (Phi) is 7.06. The average molecular weight is 450 g/mol. The number of amides is 1. The molecule has 0 aliphatic carbocycles. The van der Waals surface area contributed by atoms with Crippen molar-refractivity contribution in [3.8, 4) is 0 Å². The van der Waals surface area contributed by atoms with Gasteiger partial charge in [-0.25, -0.2) is 8.42 Å². The van der Waals surface area contributed by atoms with Gasteiger partial charge in [0.25, 0.3) is 0 Å². The molecule has 6 nitrogen and oxygen atoms in total. The number of hydrogen-bond donors (Lipinski definition) is 0. The summed E-state index contributed by atoms with van der Waals surface area (Å²) >= 11 is 6.14. The van der Waals surface area contributed by atoms with Gasteiger partial charge in [0.1, 0.15) is 0 Å². The number of anilines is 1. The minimum absolute atomic E-state index is 0.150. The Hall–Kier alpha value is -2.09. The first kappa shape index (κ1) is 22.6. The van der Waals surface area contributed by atoms with Gasteiger partial charge in [0.15, 0.2) is 0 Å². The van der Waals surface area contributed by atoms with Crippen LogP contribution in [0.2, 0.25) is 5.02 Å². The largest absolute Gasteiger partial charge is 0.368 e. The lowest BCUT2D eigenvalue weighted by atomic mass is 10.1. The van der Waals surface area contributed by atoms with E-state index in [1.54, 1.807) is 4.90 Å². The fraction of sp³-hybridized carbons (Fsp3) is 0.409. The molecule has 1 aliphatic heterocycles. The number of hydrogen-bond acceptors (Lipinski definition) is 4. The second-order valence-electron chi connectivity index (χ2n) is 7.82. The molecule has 0 unspecified atom stereocenters. The van der Waals surface area contributed by atoms with Crippen molar-refractivity contribution in [1.82, 2.24) is 9.21 Å². The molecule has 0 atom stereocenters. The fourth-order valence-corrected chi connectivity index (χ4v) is 4.45. The molecule has 1 aliphatic rings. The summed E-state index contributed by atoms with van der Waals surface area (Å²) in [6, 6.07) is 13.5. The molecule has 162 valence electrons. The smallest absolute Gasteiger partial charge is 0.238 e. The summed E-state index contributed by atoms with van der Waals surface area (Å²) in [4.78, 5) is 16.8. The second kappa shape index (κ2) is 9.37. The van der Waals surface area contributed by atoms with E-state index in [0.29, 0.717) is 31.2 Å². The van der Waals surface area contributed by atoms with Crippen molar-refractivity contribution in [3.05, 3.63) is 64.2 Å². The first-order valence-corrected chi connectivity index (χ1v) is 12.2. The van der Waals surface area contributed by atoms with Crippen molar-refractivity contribution >= 4 is 33.2 Å². The van der Waals surface area contributed by atoms with Crippen LogP contribution in [0.3, 0.4) is 0 Å². The van der Waals surface area contributed by atoms with Gasteiger partial charge in [-0.1, -0.05) is 47.5 Å². The lowest BCUT2D eigenvalue weighted by Crippen LogP contribution is -2.51. The Morgan fingerprint density at radius 2 is 1.67 bits per heavy atom. The molecular weight excluding hydrogens is 422 g/mol. The topological polar surface area (TPSA) is 60.9 Å². The number of nitrogens with zero attached hydrogens (tertiary/aromatic N) is 3. The van der Waals surface area contributed by atoms with Gasteiger partial charge in [-0.3, -0.25) is 4.79 Å². The van der Waals surface area contributed by atoms with Crippen molar-refractivity contribution < 1.29 is 13.2 Å². The minimum atomic E-state index is -3.51. The van der Waals surface area contributed by atoms with Gasteiger partial charge < -0.3 is 9.80 Å². The molecule has 1 fully saturated rings. The van der Waals surface area contributed by atoms with E-state index in [1.165, 1.54) is 4.31 Å². The van der Waals surface area contributed by atoms with Crippen molar-refractivity contribution in [2.45, 2.75) is 20.4 Å². The molecule has 1 amide bonds. The Labute approximate surface area is 184 Å². The molecule has 0 N–H and O–H groups in total. The zero-order chi connectivity index (χ0) is 21.9. The van der Waals surface area contributed by atoms with Crippen LogP contribution in [0.15, 0.2) is 42.5 Å². The van der Waals surface area contributed by atoms with Gasteiger partial charge in [-0.15, -0.1) is 0 Å². The average Bonchev–Trinajstić information content (AvgIpc) is 2.70. The summed E-state index contributed by atoms with van der Waals surface area (Å²) < 4.78 is 25.8. The van der Waals surface area contributed by atoms with Crippen LogP contribution < -0.4 is 4.90 Å². The number of benzene rings is 2. The van der Waals surface area contributed by atoms with E-state index in [4.69, 9.17) is 11.6 Å². The second-order valence-corrected chi connectivity index (χ2v) is 10.2. The quantitative estimate of drug-likeness (QED) is 0.680. The zero-order valence-electron chi connectivity index (χ0n) is 17.6. The van der Waals surface area contributed by atoms with Crippen molar-refractivity contribution in [1.29, 1.82) is 0 Å². The lowest BCUT2D eigenvalue weighted by Gasteiger charge is -2.37. The first-order chi connectivity index (χ1) is 14.1. The highest BCUT2D eigenvalue weighted by atomic mass is 35.5. The number of rotatable bonds is 6. The van der Waals surface area contributed by atoms with Crippen LogP contribution in [0.25, 0.3) is 0 Å². The van der Waals surface area contributed by atoms with Crippen LogP contribution in [0.5, 0.6) is 0 Å². The molecule has 2 aromatic rings. The highest BCUT2D eigenvalue weighted by molar-refractivity contribution is 7.88. The monoisotopic (exact) mass is 449 g/mol. The van der Waals surface area contributed by atoms with Crippen molar-refractivity contribution in [2.75, 3.05) is 43.9 Å². The third-order valence-electron chi connectivity index (χ3n) is 5.40. The molecule has 1 heterocycles. The Morgan fingerprint density at radius 3 is 2.27 bits per heavy atom. The molecule has 0 aromatic heterocycles. The molecule has 3 rings (SSSR count). The third kappa shape index (κ3) is 5.74. The van der Waals surface area contributed by atoms with Gasteiger partial charge >= 0.3 is 0 Å². The number of piperazine rings is 1. The van der Waals surface area contributed by atoms with Crippen LogP contribution in [-0.4, -0.2) is 62.5 Å². The maximum atomic E-state index is 12.8. The van der Waals surface area contributed by atoms with E-state index in [-0.39, 0.29) is 19.0 Å². The van der Waals surface area contributed by atoms with Gasteiger partial charge in [0.2, 0.25) is 15.9 Å². The highest BCUT2D eigenvalue weighted by Crippen LogP contribution is 2.25. The zero-order valence-corrected chi connectivity index (χ0v) is 19.2. The van der Waals surface area contributed by atoms with Gasteiger partial charge in [-0.2, -0.15) is 4.31 Å². The summed E-state index contributed by atoms with van der Waals surface area (Å²) in [6.45, 7) is 6.52. The van der Waals surface area contributed by atoms with Gasteiger partial charge in [-0.05, 0) is 37.1 Å². The Morgan fingerprint density at radius 1 is 1.03 bits per heavy atom. The molecule has 2 aromatic carbocycles. The molecule has 0 bridgehead atoms. The van der Waals surface area contributed by atoms with Crippen LogP contribution >= 0.6 is 11.6 Å². The van der Waals surface area contributed by atoms with Gasteiger partial charge in [0, 0.05) is 43.4 Å². The maximum Gasteiger partial charge on any atom is 0.238 e. The van der Waals surface area contributed by atoms with E-state index in [0.717, 1.165) is 28.6 Å². The maximum absolute atomic E-state index is 12.8. The number of aryl methyl sites for hydroxylation is 2. The van der Waals surface area contributed by atoms with Crippen molar-refractivity contribution in [2.24, 2.45) is 0 Å². The molecule has 0 saturated carbocycles. The number of sulfonamides is 1. The number of halogens is 1. The standard InChI is InChI=1S/C22H28ClN3O3S/c1-17-4-7-19(8-5-17)15-26(30(3,28)29)16-22(27)25-12-10-24(11-13-25)21-14-20(23)9-6-18(21)2/h4-9,14H,10-13,15-16H2,1-3H3. The highest BCUT2D eigenvalue weighted by Gasteiger charge is 2.27.